The van der Waals surface area contributed by atoms with Gasteiger partial charge in [0.05, 0.1) is 25.3 Å². The maximum Gasteiger partial charge on any atom is 0.343 e. The number of hydrogen-bond donors (Lipinski definition) is 0. The van der Waals surface area contributed by atoms with Gasteiger partial charge in [-0.05, 0) is 61.0 Å². The number of methoxy groups -OCH3 is 2. The number of allylic oxidation sites excluding steroid dienone is 1. The van der Waals surface area contributed by atoms with Crippen molar-refractivity contribution in [2.75, 3.05) is 14.2 Å². The van der Waals surface area contributed by atoms with Crippen molar-refractivity contribution in [3.05, 3.63) is 88.4 Å². The van der Waals surface area contributed by atoms with Gasteiger partial charge in [-0.25, -0.2) is 9.18 Å². The number of hydrogen-bond acceptors (Lipinski definition) is 6. The standard InChI is InChI=1S/C25H19FO6/c1-14-9-19(31-25(28)15-5-4-6-17(26)10-15)13-21-23(14)24(27)22(32-21)12-16-11-18(29-2)7-8-20(16)30-3/h4-13H,1-3H3/b22-12-. The van der Waals surface area contributed by atoms with Crippen LogP contribution in [0.5, 0.6) is 23.0 Å². The Hall–Kier alpha value is -4.13. The first-order chi connectivity index (χ1) is 15.4. The first-order valence-electron chi connectivity index (χ1n) is 9.68. The third-order valence-corrected chi connectivity index (χ3v) is 4.94. The average molecular weight is 434 g/mol. The summed E-state index contributed by atoms with van der Waals surface area (Å²) >= 11 is 0. The number of esters is 1. The largest absolute Gasteiger partial charge is 0.497 e. The summed E-state index contributed by atoms with van der Waals surface area (Å²) < 4.78 is 35.1. The molecule has 0 spiro atoms. The molecule has 0 radical (unpaired) electrons. The van der Waals surface area contributed by atoms with Gasteiger partial charge in [0.2, 0.25) is 5.78 Å². The fraction of sp³-hybridized carbons (Fsp3) is 0.120. The molecule has 0 N–H and O–H groups in total. The molecule has 0 aromatic heterocycles. The fourth-order valence-electron chi connectivity index (χ4n) is 3.41. The van der Waals surface area contributed by atoms with Gasteiger partial charge < -0.3 is 18.9 Å². The molecule has 6 nitrogen and oxygen atoms in total. The zero-order valence-corrected chi connectivity index (χ0v) is 17.6. The summed E-state index contributed by atoms with van der Waals surface area (Å²) in [5.74, 6) is 0.143. The Morgan fingerprint density at radius 3 is 2.53 bits per heavy atom. The number of ether oxygens (including phenoxy) is 4. The number of carbonyl (C=O) groups is 2. The maximum absolute atomic E-state index is 13.4. The summed E-state index contributed by atoms with van der Waals surface area (Å²) in [6.07, 6.45) is 1.57. The van der Waals surface area contributed by atoms with E-state index in [-0.39, 0.29) is 28.6 Å². The van der Waals surface area contributed by atoms with Crippen molar-refractivity contribution in [2.24, 2.45) is 0 Å². The van der Waals surface area contributed by atoms with Crippen LogP contribution in [-0.4, -0.2) is 26.0 Å². The van der Waals surface area contributed by atoms with Crippen LogP contribution in [0.4, 0.5) is 4.39 Å². The van der Waals surface area contributed by atoms with Crippen LogP contribution in [0, 0.1) is 12.7 Å². The number of ketones is 1. The Balaban J connectivity index is 1.64. The van der Waals surface area contributed by atoms with E-state index in [0.717, 1.165) is 6.07 Å². The monoisotopic (exact) mass is 434 g/mol. The molecule has 0 bridgehead atoms. The summed E-state index contributed by atoms with van der Waals surface area (Å²) in [6, 6.07) is 13.4. The lowest BCUT2D eigenvalue weighted by molar-refractivity contribution is 0.0734. The number of halogens is 1. The van der Waals surface area contributed by atoms with E-state index in [4.69, 9.17) is 18.9 Å². The van der Waals surface area contributed by atoms with E-state index in [1.807, 2.05) is 0 Å². The highest BCUT2D eigenvalue weighted by molar-refractivity contribution is 6.15. The lowest BCUT2D eigenvalue weighted by Crippen LogP contribution is -2.09. The first kappa shape index (κ1) is 21.1. The normalized spacial score (nSPS) is 13.5. The van der Waals surface area contributed by atoms with Crippen molar-refractivity contribution in [3.63, 3.8) is 0 Å². The molecule has 0 atom stereocenters. The number of carbonyl (C=O) groups excluding carboxylic acids is 2. The van der Waals surface area contributed by atoms with Crippen molar-refractivity contribution in [2.45, 2.75) is 6.92 Å². The van der Waals surface area contributed by atoms with Crippen molar-refractivity contribution in [3.8, 4) is 23.0 Å². The lowest BCUT2D eigenvalue weighted by Gasteiger charge is -2.08. The van der Waals surface area contributed by atoms with Gasteiger partial charge in [-0.2, -0.15) is 0 Å². The predicted octanol–water partition coefficient (Wildman–Crippen LogP) is 4.99. The third kappa shape index (κ3) is 4.05. The molecule has 1 aliphatic rings. The van der Waals surface area contributed by atoms with E-state index in [0.29, 0.717) is 28.2 Å². The van der Waals surface area contributed by atoms with E-state index in [1.54, 1.807) is 44.4 Å². The van der Waals surface area contributed by atoms with E-state index in [2.05, 4.69) is 0 Å². The molecule has 0 aliphatic carbocycles. The van der Waals surface area contributed by atoms with Gasteiger partial charge in [0, 0.05) is 11.6 Å². The number of aryl methyl sites for hydroxylation is 1. The quantitative estimate of drug-likeness (QED) is 0.320. The minimum atomic E-state index is -0.718. The molecule has 0 saturated carbocycles. The van der Waals surface area contributed by atoms with Crippen LogP contribution in [0.15, 0.2) is 60.4 Å². The predicted molar refractivity (Wildman–Crippen MR) is 115 cm³/mol. The second-order valence-corrected chi connectivity index (χ2v) is 7.06. The average Bonchev–Trinajstić information content (AvgIpc) is 3.09. The van der Waals surface area contributed by atoms with E-state index in [1.165, 1.54) is 31.4 Å². The Morgan fingerprint density at radius 2 is 1.81 bits per heavy atom. The topological polar surface area (TPSA) is 71.1 Å². The molecule has 3 aromatic carbocycles. The molecule has 0 unspecified atom stereocenters. The van der Waals surface area contributed by atoms with Crippen LogP contribution in [0.25, 0.3) is 6.08 Å². The van der Waals surface area contributed by atoms with Gasteiger partial charge in [-0.1, -0.05) is 6.07 Å². The Bertz CT molecular complexity index is 1260. The summed E-state index contributed by atoms with van der Waals surface area (Å²) in [6.45, 7) is 1.72. The van der Waals surface area contributed by atoms with Crippen LogP contribution in [0.3, 0.4) is 0 Å². The molecule has 3 aromatic rings. The molecule has 4 rings (SSSR count). The number of Topliss-reactive ketones (excluding diaryl/α,β-unsaturated/α-hetero) is 1. The van der Waals surface area contributed by atoms with Gasteiger partial charge in [-0.3, -0.25) is 4.79 Å². The number of rotatable bonds is 5. The second-order valence-electron chi connectivity index (χ2n) is 7.06. The maximum atomic E-state index is 13.4. The minimum absolute atomic E-state index is 0.0749. The zero-order chi connectivity index (χ0) is 22.8. The summed E-state index contributed by atoms with van der Waals surface area (Å²) in [5, 5.41) is 0. The van der Waals surface area contributed by atoms with E-state index >= 15 is 0 Å². The molecule has 0 saturated heterocycles. The molecule has 1 heterocycles. The van der Waals surface area contributed by atoms with Gasteiger partial charge in [0.15, 0.2) is 5.76 Å². The lowest BCUT2D eigenvalue weighted by atomic mass is 10.0. The third-order valence-electron chi connectivity index (χ3n) is 4.94. The molecular formula is C25H19FO6. The zero-order valence-electron chi connectivity index (χ0n) is 17.6. The highest BCUT2D eigenvalue weighted by Crippen LogP contribution is 2.38. The first-order valence-corrected chi connectivity index (χ1v) is 9.68. The van der Waals surface area contributed by atoms with Gasteiger partial charge in [0.1, 0.15) is 28.8 Å². The van der Waals surface area contributed by atoms with Crippen LogP contribution < -0.4 is 18.9 Å². The highest BCUT2D eigenvalue weighted by atomic mass is 19.1. The molecule has 0 amide bonds. The highest BCUT2D eigenvalue weighted by Gasteiger charge is 2.30. The van der Waals surface area contributed by atoms with Crippen molar-refractivity contribution in [1.82, 2.24) is 0 Å². The molecule has 32 heavy (non-hydrogen) atoms. The number of benzene rings is 3. The molecule has 162 valence electrons. The smallest absolute Gasteiger partial charge is 0.343 e. The van der Waals surface area contributed by atoms with Crippen LogP contribution >= 0.6 is 0 Å². The fourth-order valence-corrected chi connectivity index (χ4v) is 3.41. The Kier molecular flexibility index (Phi) is 5.64. The SMILES string of the molecule is COc1ccc(OC)c(/C=C2\Oc3cc(OC(=O)c4cccc(F)c4)cc(C)c3C2=O)c1. The second kappa shape index (κ2) is 8.55. The number of fused-ring (bicyclic) bond motifs is 1. The summed E-state index contributed by atoms with van der Waals surface area (Å²) in [7, 11) is 3.07. The molecule has 0 fully saturated rings. The summed E-state index contributed by atoms with van der Waals surface area (Å²) in [5.41, 5.74) is 1.64. The summed E-state index contributed by atoms with van der Waals surface area (Å²) in [4.78, 5) is 25.3. The molecule has 1 aliphatic heterocycles. The Labute approximate surface area is 183 Å². The van der Waals surface area contributed by atoms with Crippen LogP contribution in [-0.2, 0) is 0 Å². The van der Waals surface area contributed by atoms with Gasteiger partial charge >= 0.3 is 5.97 Å². The minimum Gasteiger partial charge on any atom is -0.497 e. The van der Waals surface area contributed by atoms with Gasteiger partial charge in [0.25, 0.3) is 0 Å². The van der Waals surface area contributed by atoms with Crippen LogP contribution in [0.1, 0.15) is 31.8 Å². The van der Waals surface area contributed by atoms with Gasteiger partial charge in [-0.15, -0.1) is 0 Å². The molecular weight excluding hydrogens is 415 g/mol. The van der Waals surface area contributed by atoms with Crippen molar-refractivity contribution < 1.29 is 32.9 Å². The van der Waals surface area contributed by atoms with E-state index in [9.17, 15) is 14.0 Å². The van der Waals surface area contributed by atoms with Crippen LogP contribution in [0.2, 0.25) is 0 Å². The molecule has 7 heteroatoms. The van der Waals surface area contributed by atoms with Crippen molar-refractivity contribution in [1.29, 1.82) is 0 Å². The van der Waals surface area contributed by atoms with E-state index < -0.39 is 11.8 Å². The Morgan fingerprint density at radius 1 is 1.00 bits per heavy atom. The van der Waals surface area contributed by atoms with Crippen molar-refractivity contribution >= 4 is 17.8 Å².